The highest BCUT2D eigenvalue weighted by atomic mass is 16.5. The van der Waals surface area contributed by atoms with E-state index in [0.717, 1.165) is 12.4 Å². The van der Waals surface area contributed by atoms with Crippen molar-refractivity contribution in [3.8, 4) is 5.75 Å². The van der Waals surface area contributed by atoms with Crippen LogP contribution in [0.3, 0.4) is 0 Å². The smallest absolute Gasteiger partial charge is 0.119 e. The lowest BCUT2D eigenvalue weighted by Crippen LogP contribution is -2.16. The monoisotopic (exact) mass is 263 g/mol. The summed E-state index contributed by atoms with van der Waals surface area (Å²) < 4.78 is 5.57. The van der Waals surface area contributed by atoms with Crippen molar-refractivity contribution in [1.82, 2.24) is 5.32 Å². The van der Waals surface area contributed by atoms with Crippen molar-refractivity contribution in [2.24, 2.45) is 0 Å². The number of ether oxygens (including phenoxy) is 1. The molecule has 19 heavy (non-hydrogen) atoms. The van der Waals surface area contributed by atoms with Gasteiger partial charge in [-0.1, -0.05) is 51.2 Å². The van der Waals surface area contributed by atoms with Crippen LogP contribution < -0.4 is 10.1 Å². The van der Waals surface area contributed by atoms with Crippen LogP contribution in [0.1, 0.15) is 64.0 Å². The number of hydrogen-bond donors (Lipinski definition) is 1. The molecule has 0 fully saturated rings. The van der Waals surface area contributed by atoms with E-state index >= 15 is 0 Å². The third-order valence-electron chi connectivity index (χ3n) is 3.52. The van der Waals surface area contributed by atoms with Gasteiger partial charge in [0.1, 0.15) is 5.75 Å². The summed E-state index contributed by atoms with van der Waals surface area (Å²) in [5, 5.41) is 3.42. The Morgan fingerprint density at radius 2 is 1.89 bits per heavy atom. The second-order valence-electron chi connectivity index (χ2n) is 5.05. The molecule has 1 atom stereocenters. The first-order valence-corrected chi connectivity index (χ1v) is 7.71. The van der Waals surface area contributed by atoms with Gasteiger partial charge < -0.3 is 10.1 Å². The third kappa shape index (κ3) is 6.11. The van der Waals surface area contributed by atoms with Crippen LogP contribution in [0, 0.1) is 0 Å². The molecule has 0 aliphatic rings. The summed E-state index contributed by atoms with van der Waals surface area (Å²) in [6.45, 7) is 5.01. The summed E-state index contributed by atoms with van der Waals surface area (Å²) in [4.78, 5) is 0. The second kappa shape index (κ2) is 9.85. The molecular weight excluding hydrogens is 234 g/mol. The molecule has 0 bridgehead atoms. The Morgan fingerprint density at radius 1 is 1.11 bits per heavy atom. The molecule has 0 aliphatic carbocycles. The standard InChI is InChI=1S/C17H29NO/c1-4-6-7-8-9-13-17(18-3)15-11-10-12-16(14-15)19-5-2/h10-12,14,17-18H,4-9,13H2,1-3H3. The van der Waals surface area contributed by atoms with Crippen molar-refractivity contribution < 1.29 is 4.74 Å². The summed E-state index contributed by atoms with van der Waals surface area (Å²) >= 11 is 0. The summed E-state index contributed by atoms with van der Waals surface area (Å²) in [6, 6.07) is 8.91. The average Bonchev–Trinajstić information content (AvgIpc) is 2.43. The fourth-order valence-corrected chi connectivity index (χ4v) is 2.42. The predicted molar refractivity (Wildman–Crippen MR) is 82.8 cm³/mol. The molecule has 0 saturated heterocycles. The lowest BCUT2D eigenvalue weighted by molar-refractivity contribution is 0.339. The van der Waals surface area contributed by atoms with E-state index in [1.165, 1.54) is 44.1 Å². The molecule has 0 spiro atoms. The molecule has 0 heterocycles. The third-order valence-corrected chi connectivity index (χ3v) is 3.52. The molecule has 0 aliphatic heterocycles. The molecule has 108 valence electrons. The normalized spacial score (nSPS) is 12.4. The van der Waals surface area contributed by atoms with Crippen LogP contribution in [-0.2, 0) is 0 Å². The van der Waals surface area contributed by atoms with Crippen LogP contribution >= 0.6 is 0 Å². The van der Waals surface area contributed by atoms with Crippen molar-refractivity contribution in [2.45, 2.75) is 58.4 Å². The number of benzene rings is 1. The zero-order valence-electron chi connectivity index (χ0n) is 12.7. The van der Waals surface area contributed by atoms with Gasteiger partial charge in [0.05, 0.1) is 6.61 Å². The van der Waals surface area contributed by atoms with Gasteiger partial charge in [-0.15, -0.1) is 0 Å². The van der Waals surface area contributed by atoms with E-state index in [-0.39, 0.29) is 0 Å². The van der Waals surface area contributed by atoms with E-state index in [1.807, 2.05) is 20.0 Å². The van der Waals surface area contributed by atoms with Gasteiger partial charge in [-0.05, 0) is 38.1 Å². The largest absolute Gasteiger partial charge is 0.494 e. The lowest BCUT2D eigenvalue weighted by atomic mass is 9.99. The summed E-state index contributed by atoms with van der Waals surface area (Å²) in [7, 11) is 2.05. The van der Waals surface area contributed by atoms with Crippen LogP contribution in [0.25, 0.3) is 0 Å². The summed E-state index contributed by atoms with van der Waals surface area (Å²) in [5.74, 6) is 0.978. The molecular formula is C17H29NO. The fraction of sp³-hybridized carbons (Fsp3) is 0.647. The van der Waals surface area contributed by atoms with Crippen LogP contribution in [0.2, 0.25) is 0 Å². The van der Waals surface area contributed by atoms with Gasteiger partial charge in [0.2, 0.25) is 0 Å². The summed E-state index contributed by atoms with van der Waals surface area (Å²) in [6.07, 6.45) is 7.89. The molecule has 1 N–H and O–H groups in total. The molecule has 0 amide bonds. The Balaban J connectivity index is 2.46. The minimum absolute atomic E-state index is 0.446. The number of hydrogen-bond acceptors (Lipinski definition) is 2. The highest BCUT2D eigenvalue weighted by Gasteiger charge is 2.09. The molecule has 1 rings (SSSR count). The molecule has 1 unspecified atom stereocenters. The Morgan fingerprint density at radius 3 is 2.58 bits per heavy atom. The van der Waals surface area contributed by atoms with Crippen molar-refractivity contribution >= 4 is 0 Å². The van der Waals surface area contributed by atoms with Gasteiger partial charge in [-0.25, -0.2) is 0 Å². The SMILES string of the molecule is CCCCCCCC(NC)c1cccc(OCC)c1. The van der Waals surface area contributed by atoms with E-state index in [4.69, 9.17) is 4.74 Å². The molecule has 1 aromatic rings. The molecule has 2 heteroatoms. The molecule has 2 nitrogen and oxygen atoms in total. The van der Waals surface area contributed by atoms with Crippen molar-refractivity contribution in [3.63, 3.8) is 0 Å². The Hall–Kier alpha value is -1.02. The molecule has 0 aromatic heterocycles. The maximum absolute atomic E-state index is 5.57. The average molecular weight is 263 g/mol. The van der Waals surface area contributed by atoms with Gasteiger partial charge in [-0.3, -0.25) is 0 Å². The van der Waals surface area contributed by atoms with Crippen LogP contribution in [0.15, 0.2) is 24.3 Å². The number of unbranched alkanes of at least 4 members (excludes halogenated alkanes) is 4. The molecule has 0 saturated carbocycles. The number of nitrogens with one attached hydrogen (secondary N) is 1. The molecule has 1 aromatic carbocycles. The minimum atomic E-state index is 0.446. The van der Waals surface area contributed by atoms with E-state index in [9.17, 15) is 0 Å². The van der Waals surface area contributed by atoms with Crippen LogP contribution in [0.5, 0.6) is 5.75 Å². The first-order valence-electron chi connectivity index (χ1n) is 7.71. The first-order chi connectivity index (χ1) is 9.31. The van der Waals surface area contributed by atoms with Crippen molar-refractivity contribution in [3.05, 3.63) is 29.8 Å². The Bertz CT molecular complexity index is 338. The van der Waals surface area contributed by atoms with Crippen molar-refractivity contribution in [1.29, 1.82) is 0 Å². The predicted octanol–water partition coefficient (Wildman–Crippen LogP) is 4.71. The van der Waals surface area contributed by atoms with Crippen molar-refractivity contribution in [2.75, 3.05) is 13.7 Å². The summed E-state index contributed by atoms with van der Waals surface area (Å²) in [5.41, 5.74) is 1.34. The maximum Gasteiger partial charge on any atom is 0.119 e. The van der Waals surface area contributed by atoms with Gasteiger partial charge in [0, 0.05) is 6.04 Å². The quantitative estimate of drug-likeness (QED) is 0.617. The van der Waals surface area contributed by atoms with Crippen LogP contribution in [-0.4, -0.2) is 13.7 Å². The van der Waals surface area contributed by atoms with Gasteiger partial charge in [0.25, 0.3) is 0 Å². The van der Waals surface area contributed by atoms with Gasteiger partial charge in [-0.2, -0.15) is 0 Å². The van der Waals surface area contributed by atoms with E-state index in [2.05, 4.69) is 30.4 Å². The van der Waals surface area contributed by atoms with E-state index in [0.29, 0.717) is 6.04 Å². The maximum atomic E-state index is 5.57. The molecule has 0 radical (unpaired) electrons. The lowest BCUT2D eigenvalue weighted by Gasteiger charge is -2.17. The van der Waals surface area contributed by atoms with Gasteiger partial charge >= 0.3 is 0 Å². The highest BCUT2D eigenvalue weighted by molar-refractivity contribution is 5.30. The van der Waals surface area contributed by atoms with Gasteiger partial charge in [0.15, 0.2) is 0 Å². The fourth-order valence-electron chi connectivity index (χ4n) is 2.42. The highest BCUT2D eigenvalue weighted by Crippen LogP contribution is 2.23. The zero-order chi connectivity index (χ0) is 13.9. The Labute approximate surface area is 118 Å². The topological polar surface area (TPSA) is 21.3 Å². The minimum Gasteiger partial charge on any atom is -0.494 e. The Kier molecular flexibility index (Phi) is 8.31. The van der Waals surface area contributed by atoms with E-state index < -0.39 is 0 Å². The van der Waals surface area contributed by atoms with E-state index in [1.54, 1.807) is 0 Å². The zero-order valence-corrected chi connectivity index (χ0v) is 12.7. The second-order valence-corrected chi connectivity index (χ2v) is 5.05. The number of rotatable bonds is 10. The van der Waals surface area contributed by atoms with Crippen LogP contribution in [0.4, 0.5) is 0 Å². The first kappa shape index (κ1) is 16.0.